The molecule has 4 nitrogen and oxygen atoms in total. The number of rotatable bonds is 4. The van der Waals surface area contributed by atoms with Gasteiger partial charge in [-0.15, -0.1) is 0 Å². The molecule has 0 radical (unpaired) electrons. The molecule has 0 unspecified atom stereocenters. The van der Waals surface area contributed by atoms with Crippen molar-refractivity contribution >= 4 is 5.97 Å². The number of furan rings is 1. The number of hydrogen-bond acceptors (Lipinski definition) is 3. The molecular formula is C14H14O4. The van der Waals surface area contributed by atoms with Crippen molar-refractivity contribution in [1.82, 2.24) is 0 Å². The summed E-state index contributed by atoms with van der Waals surface area (Å²) in [6.07, 6.45) is 0. The van der Waals surface area contributed by atoms with Gasteiger partial charge in [0.05, 0.1) is 0 Å². The zero-order valence-electron chi connectivity index (χ0n) is 10.3. The highest BCUT2D eigenvalue weighted by molar-refractivity contribution is 5.88. The minimum Gasteiger partial charge on any atom is -0.486 e. The number of ether oxygens (including phenoxy) is 1. The molecule has 1 aromatic heterocycles. The largest absolute Gasteiger partial charge is 0.486 e. The maximum atomic E-state index is 10.9. The van der Waals surface area contributed by atoms with Gasteiger partial charge in [-0.05, 0) is 37.6 Å². The lowest BCUT2D eigenvalue weighted by Crippen LogP contribution is -1.96. The molecule has 1 aromatic carbocycles. The van der Waals surface area contributed by atoms with E-state index in [0.29, 0.717) is 11.5 Å². The predicted molar refractivity (Wildman–Crippen MR) is 65.9 cm³/mol. The van der Waals surface area contributed by atoms with Crippen molar-refractivity contribution < 1.29 is 19.1 Å². The van der Waals surface area contributed by atoms with Crippen LogP contribution in [0, 0.1) is 13.8 Å². The first-order chi connectivity index (χ1) is 8.56. The summed E-state index contributed by atoms with van der Waals surface area (Å²) in [5, 5.41) is 8.90. The summed E-state index contributed by atoms with van der Waals surface area (Å²) in [6.45, 7) is 3.82. The Balaban J connectivity index is 2.06. The molecule has 4 heteroatoms. The second-order valence-corrected chi connectivity index (χ2v) is 4.09. The molecule has 0 aliphatic heterocycles. The molecule has 1 N–H and O–H groups in total. The fourth-order valence-corrected chi connectivity index (χ4v) is 1.69. The highest BCUT2D eigenvalue weighted by atomic mass is 16.5. The Morgan fingerprint density at radius 3 is 2.72 bits per heavy atom. The van der Waals surface area contributed by atoms with Crippen molar-refractivity contribution in [3.05, 3.63) is 53.0 Å². The summed E-state index contributed by atoms with van der Waals surface area (Å²) < 4.78 is 10.9. The van der Waals surface area contributed by atoms with Crippen LogP contribution < -0.4 is 4.74 Å². The topological polar surface area (TPSA) is 59.7 Å². The van der Waals surface area contributed by atoms with Gasteiger partial charge in [0, 0.05) is 0 Å². The molecule has 1 heterocycles. The number of carboxylic acids is 1. The molecular weight excluding hydrogens is 232 g/mol. The Morgan fingerprint density at radius 1 is 1.33 bits per heavy atom. The quantitative estimate of drug-likeness (QED) is 0.900. The van der Waals surface area contributed by atoms with E-state index in [-0.39, 0.29) is 12.2 Å². The average Bonchev–Trinajstić information content (AvgIpc) is 2.68. The zero-order valence-corrected chi connectivity index (χ0v) is 10.3. The Labute approximate surface area is 105 Å². The third-order valence-electron chi connectivity index (χ3n) is 2.57. The number of carboxylic acid groups (broad SMARTS) is 1. The average molecular weight is 246 g/mol. The minimum absolute atomic E-state index is 0.179. The first kappa shape index (κ1) is 12.2. The van der Waals surface area contributed by atoms with Crippen molar-refractivity contribution in [2.24, 2.45) is 0 Å². The molecule has 0 aliphatic carbocycles. The van der Waals surface area contributed by atoms with Gasteiger partial charge in [-0.25, -0.2) is 4.79 Å². The van der Waals surface area contributed by atoms with Crippen LogP contribution in [0.2, 0.25) is 0 Å². The molecule has 2 rings (SSSR count). The maximum absolute atomic E-state index is 10.9. The van der Waals surface area contributed by atoms with Crippen LogP contribution in [0.15, 0.2) is 34.7 Å². The molecule has 0 saturated carbocycles. The van der Waals surface area contributed by atoms with Crippen molar-refractivity contribution in [3.8, 4) is 5.75 Å². The third kappa shape index (κ3) is 2.71. The Kier molecular flexibility index (Phi) is 3.37. The lowest BCUT2D eigenvalue weighted by atomic mass is 10.2. The van der Waals surface area contributed by atoms with Gasteiger partial charge in [0.2, 0.25) is 0 Å². The van der Waals surface area contributed by atoms with Crippen LogP contribution >= 0.6 is 0 Å². The number of aryl methyl sites for hydroxylation is 2. The molecule has 0 bridgehead atoms. The third-order valence-corrected chi connectivity index (χ3v) is 2.57. The maximum Gasteiger partial charge on any atom is 0.339 e. The van der Waals surface area contributed by atoms with Crippen LogP contribution in [0.5, 0.6) is 5.75 Å². The molecule has 0 amide bonds. The number of hydrogen-bond donors (Lipinski definition) is 1. The van der Waals surface area contributed by atoms with Gasteiger partial charge in [-0.1, -0.05) is 12.1 Å². The van der Waals surface area contributed by atoms with Gasteiger partial charge in [0.25, 0.3) is 0 Å². The molecule has 0 spiro atoms. The number of aromatic carboxylic acids is 1. The summed E-state index contributed by atoms with van der Waals surface area (Å²) in [5.41, 5.74) is 1.28. The lowest BCUT2D eigenvalue weighted by molar-refractivity contribution is 0.0695. The molecule has 0 saturated heterocycles. The highest BCUT2D eigenvalue weighted by Gasteiger charge is 2.13. The van der Waals surface area contributed by atoms with Gasteiger partial charge in [0.15, 0.2) is 0 Å². The van der Waals surface area contributed by atoms with Crippen LogP contribution in [-0.4, -0.2) is 11.1 Å². The number of carbonyl (C=O) groups is 1. The monoisotopic (exact) mass is 246 g/mol. The smallest absolute Gasteiger partial charge is 0.339 e. The van der Waals surface area contributed by atoms with Crippen LogP contribution in [0.3, 0.4) is 0 Å². The number of benzene rings is 1. The zero-order chi connectivity index (χ0) is 13.1. The summed E-state index contributed by atoms with van der Waals surface area (Å²) in [5.74, 6) is 0.649. The van der Waals surface area contributed by atoms with Crippen molar-refractivity contribution in [3.63, 3.8) is 0 Å². The molecule has 0 atom stereocenters. The van der Waals surface area contributed by atoms with Gasteiger partial charge in [-0.2, -0.15) is 0 Å². The Morgan fingerprint density at radius 2 is 2.11 bits per heavy atom. The van der Waals surface area contributed by atoms with E-state index in [0.717, 1.165) is 11.3 Å². The van der Waals surface area contributed by atoms with Gasteiger partial charge in [0.1, 0.15) is 29.4 Å². The van der Waals surface area contributed by atoms with E-state index in [1.165, 1.54) is 6.07 Å². The van der Waals surface area contributed by atoms with Crippen molar-refractivity contribution in [2.45, 2.75) is 20.5 Å². The SMILES string of the molecule is Cc1cccc(OCc2cc(C(=O)O)c(C)o2)c1. The normalized spacial score (nSPS) is 10.3. The minimum atomic E-state index is -0.988. The van der Waals surface area contributed by atoms with E-state index in [4.69, 9.17) is 14.3 Å². The summed E-state index contributed by atoms with van der Waals surface area (Å²) in [7, 11) is 0. The first-order valence-corrected chi connectivity index (χ1v) is 5.58. The van der Waals surface area contributed by atoms with E-state index in [1.807, 2.05) is 31.2 Å². The fraction of sp³-hybridized carbons (Fsp3) is 0.214. The molecule has 18 heavy (non-hydrogen) atoms. The van der Waals surface area contributed by atoms with E-state index >= 15 is 0 Å². The van der Waals surface area contributed by atoms with E-state index in [2.05, 4.69) is 0 Å². The first-order valence-electron chi connectivity index (χ1n) is 5.58. The van der Waals surface area contributed by atoms with Crippen molar-refractivity contribution in [1.29, 1.82) is 0 Å². The van der Waals surface area contributed by atoms with Crippen LogP contribution in [0.4, 0.5) is 0 Å². The van der Waals surface area contributed by atoms with Crippen LogP contribution in [-0.2, 0) is 6.61 Å². The highest BCUT2D eigenvalue weighted by Crippen LogP contribution is 2.18. The predicted octanol–water partition coefficient (Wildman–Crippen LogP) is 3.17. The van der Waals surface area contributed by atoms with Gasteiger partial charge in [-0.3, -0.25) is 0 Å². The van der Waals surface area contributed by atoms with E-state index < -0.39 is 5.97 Å². The molecule has 0 aliphatic rings. The lowest BCUT2D eigenvalue weighted by Gasteiger charge is -2.04. The Bertz CT molecular complexity index is 569. The summed E-state index contributed by atoms with van der Waals surface area (Å²) in [6, 6.07) is 9.13. The molecule has 0 fully saturated rings. The summed E-state index contributed by atoms with van der Waals surface area (Å²) >= 11 is 0. The standard InChI is InChI=1S/C14H14O4/c1-9-4-3-5-11(6-9)17-8-12-7-13(14(15)16)10(2)18-12/h3-7H,8H2,1-2H3,(H,15,16). The van der Waals surface area contributed by atoms with E-state index in [9.17, 15) is 4.79 Å². The molecule has 2 aromatic rings. The van der Waals surface area contributed by atoms with Crippen LogP contribution in [0.25, 0.3) is 0 Å². The van der Waals surface area contributed by atoms with Crippen molar-refractivity contribution in [2.75, 3.05) is 0 Å². The fourth-order valence-electron chi connectivity index (χ4n) is 1.69. The van der Waals surface area contributed by atoms with E-state index in [1.54, 1.807) is 6.92 Å². The van der Waals surface area contributed by atoms with Gasteiger partial charge >= 0.3 is 5.97 Å². The second-order valence-electron chi connectivity index (χ2n) is 4.09. The molecule has 94 valence electrons. The second kappa shape index (κ2) is 4.96. The van der Waals surface area contributed by atoms with Gasteiger partial charge < -0.3 is 14.3 Å². The van der Waals surface area contributed by atoms with Crippen LogP contribution in [0.1, 0.15) is 27.4 Å². The summed E-state index contributed by atoms with van der Waals surface area (Å²) in [4.78, 5) is 10.9. The Hall–Kier alpha value is -2.23.